The first kappa shape index (κ1) is 16.7. The van der Waals surface area contributed by atoms with Crippen molar-refractivity contribution in [3.05, 3.63) is 42.0 Å². The Morgan fingerprint density at radius 3 is 2.47 bits per heavy atom. The zero-order chi connectivity index (χ0) is 12.8. The summed E-state index contributed by atoms with van der Waals surface area (Å²) in [5.74, 6) is 0. The van der Waals surface area contributed by atoms with Crippen molar-refractivity contribution < 1.29 is 9.53 Å². The Morgan fingerprint density at radius 2 is 1.88 bits per heavy atom. The van der Waals surface area contributed by atoms with E-state index in [0.29, 0.717) is 13.0 Å². The number of aliphatic hydroxyl groups excluding tert-OH is 1. The fraction of sp³-hybridized carbons (Fsp3) is 0.250. The quantitative estimate of drug-likeness (QED) is 0.290. The van der Waals surface area contributed by atoms with Crippen LogP contribution in [0.15, 0.2) is 36.4 Å². The first-order valence-corrected chi connectivity index (χ1v) is 10.6. The third-order valence-electron chi connectivity index (χ3n) is 1.68. The van der Waals surface area contributed by atoms with Crippen LogP contribution in [0.3, 0.4) is 0 Å². The molecule has 0 atom stereocenters. The van der Waals surface area contributed by atoms with E-state index in [1.54, 1.807) is 6.29 Å². The van der Waals surface area contributed by atoms with Crippen LogP contribution in [-0.2, 0) is 4.42 Å². The molecule has 0 fully saturated rings. The molecule has 1 N–H and O–H groups in total. The summed E-state index contributed by atoms with van der Waals surface area (Å²) in [5.41, 5.74) is 1.15. The van der Waals surface area contributed by atoms with Crippen LogP contribution in [0.4, 0.5) is 0 Å². The van der Waals surface area contributed by atoms with Crippen LogP contribution in [-0.4, -0.2) is 38.2 Å². The summed E-state index contributed by atoms with van der Waals surface area (Å²) in [6.07, 6.45) is 6.14. The molecule has 0 aliphatic rings. The molecule has 0 spiro atoms. The van der Waals surface area contributed by atoms with E-state index < -0.39 is 13.6 Å². The molecule has 1 aromatic rings. The van der Waals surface area contributed by atoms with Crippen LogP contribution in [0.25, 0.3) is 6.08 Å². The number of hydrogen-bond acceptors (Lipinski definition) is 1. The Labute approximate surface area is 117 Å². The van der Waals surface area contributed by atoms with E-state index in [4.69, 9.17) is 29.6 Å². The fourth-order valence-electron chi connectivity index (χ4n) is 0.986. The number of allylic oxidation sites excluding steroid dienone is 1. The van der Waals surface area contributed by atoms with Gasteiger partial charge >= 0.3 is 39.9 Å². The molecule has 17 heavy (non-hydrogen) atoms. The van der Waals surface area contributed by atoms with Gasteiger partial charge in [-0.1, -0.05) is 30.3 Å². The van der Waals surface area contributed by atoms with Crippen LogP contribution in [0.1, 0.15) is 12.0 Å². The van der Waals surface area contributed by atoms with Crippen LogP contribution >= 0.6 is 20.0 Å². The number of benzene rings is 1. The minimum atomic E-state index is -0.556. The molecule has 0 heterocycles. The molecule has 2 radical (unpaired) electrons. The van der Waals surface area contributed by atoms with E-state index >= 15 is 0 Å². The molecule has 0 aliphatic heterocycles. The van der Waals surface area contributed by atoms with Gasteiger partial charge in [0.2, 0.25) is 0 Å². The molecule has 5 heteroatoms. The van der Waals surface area contributed by atoms with Gasteiger partial charge in [0.05, 0.1) is 13.0 Å². The summed E-state index contributed by atoms with van der Waals surface area (Å²) in [4.78, 5) is 0. The predicted octanol–water partition coefficient (Wildman–Crippen LogP) is 2.82. The number of rotatable bonds is 5. The van der Waals surface area contributed by atoms with E-state index in [1.165, 1.54) is 0 Å². The van der Waals surface area contributed by atoms with Crippen molar-refractivity contribution in [3.8, 4) is 0 Å². The van der Waals surface area contributed by atoms with Crippen molar-refractivity contribution in [1.29, 1.82) is 0 Å². The molecule has 1 aromatic carbocycles. The molecule has 0 amide bonds. The number of halogens is 2. The molecule has 92 valence electrons. The SMILES string of the molecule is OCCC[O+]=C/C=C/c1ccccc1.[Cl][Ge][Cl]. The van der Waals surface area contributed by atoms with E-state index in [2.05, 4.69) is 0 Å². The Morgan fingerprint density at radius 1 is 1.24 bits per heavy atom. The third-order valence-corrected chi connectivity index (χ3v) is 1.68. The number of aldehydes is 1. The van der Waals surface area contributed by atoms with Gasteiger partial charge in [0.25, 0.3) is 6.61 Å². The second-order valence-electron chi connectivity index (χ2n) is 2.93. The monoisotopic (exact) mass is 335 g/mol. The van der Waals surface area contributed by atoms with Crippen molar-refractivity contribution in [2.24, 2.45) is 0 Å². The van der Waals surface area contributed by atoms with Crippen LogP contribution in [0, 0.1) is 0 Å². The van der Waals surface area contributed by atoms with Gasteiger partial charge in [0, 0.05) is 6.08 Å². The second-order valence-corrected chi connectivity index (χ2v) is 6.19. The van der Waals surface area contributed by atoms with Crippen LogP contribution in [0.2, 0.25) is 0 Å². The standard InChI is InChI=1S/C12H15O2.Cl2Ge/c13-9-5-11-14-10-4-8-12-6-2-1-3-7-12;1-3-2/h1-4,6-8,10,13H,5,9,11H2;/q+1;/b8-4+;. The number of aliphatic hydroxyl groups is 1. The summed E-state index contributed by atoms with van der Waals surface area (Å²) in [6.45, 7) is 0.742. The van der Waals surface area contributed by atoms with Gasteiger partial charge in [-0.2, -0.15) is 0 Å². The molecule has 0 saturated carbocycles. The van der Waals surface area contributed by atoms with E-state index in [9.17, 15) is 0 Å². The van der Waals surface area contributed by atoms with Crippen molar-refractivity contribution in [2.75, 3.05) is 13.2 Å². The van der Waals surface area contributed by atoms with Gasteiger partial charge in [0.15, 0.2) is 0 Å². The summed E-state index contributed by atoms with van der Waals surface area (Å²) in [6, 6.07) is 10.0. The van der Waals surface area contributed by atoms with E-state index in [0.717, 1.165) is 5.56 Å². The third kappa shape index (κ3) is 12.0. The zero-order valence-corrected chi connectivity index (χ0v) is 13.0. The molecule has 0 bridgehead atoms. The summed E-state index contributed by atoms with van der Waals surface area (Å²) < 4.78 is 5.12. The van der Waals surface area contributed by atoms with Crippen molar-refractivity contribution >= 4 is 46.0 Å². The van der Waals surface area contributed by atoms with Crippen LogP contribution < -0.4 is 0 Å². The molecular formula is C12H15Cl2GeO2+. The second kappa shape index (κ2) is 13.8. The summed E-state index contributed by atoms with van der Waals surface area (Å²) >= 11 is -0.556. The normalized spacial score (nSPS) is 10.5. The average Bonchev–Trinajstić information content (AvgIpc) is 2.36. The maximum atomic E-state index is 8.49. The molecule has 0 aliphatic carbocycles. The van der Waals surface area contributed by atoms with Crippen LogP contribution in [0.5, 0.6) is 0 Å². The number of carbonyl (C=O) groups excluding carboxylic acids is 1. The van der Waals surface area contributed by atoms with Gasteiger partial charge in [-0.05, 0) is 11.6 Å². The molecule has 2 nitrogen and oxygen atoms in total. The molecule has 1 rings (SSSR count). The first-order valence-electron chi connectivity index (χ1n) is 5.08. The van der Waals surface area contributed by atoms with Crippen molar-refractivity contribution in [1.82, 2.24) is 0 Å². The number of hydrogen-bond donors (Lipinski definition) is 1. The first-order chi connectivity index (χ1) is 8.35. The summed E-state index contributed by atoms with van der Waals surface area (Å²) in [5, 5.41) is 8.49. The van der Waals surface area contributed by atoms with Crippen molar-refractivity contribution in [2.45, 2.75) is 6.42 Å². The van der Waals surface area contributed by atoms with E-state index in [1.807, 2.05) is 42.5 Å². The van der Waals surface area contributed by atoms with Crippen molar-refractivity contribution in [3.63, 3.8) is 0 Å². The molecule has 0 saturated heterocycles. The van der Waals surface area contributed by atoms with Gasteiger partial charge in [0.1, 0.15) is 0 Å². The van der Waals surface area contributed by atoms with E-state index in [-0.39, 0.29) is 6.61 Å². The van der Waals surface area contributed by atoms with Gasteiger partial charge in [-0.15, -0.1) is 0 Å². The van der Waals surface area contributed by atoms with Gasteiger partial charge < -0.3 is 5.11 Å². The Bertz CT molecular complexity index is 316. The topological polar surface area (TPSA) is 31.5 Å². The molecular weight excluding hydrogens is 320 g/mol. The van der Waals surface area contributed by atoms with Gasteiger partial charge in [-0.3, -0.25) is 4.42 Å². The Hall–Kier alpha value is -0.287. The average molecular weight is 335 g/mol. The molecule has 0 unspecified atom stereocenters. The summed E-state index contributed by atoms with van der Waals surface area (Å²) in [7, 11) is 9.78. The Kier molecular flexibility index (Phi) is 13.5. The predicted molar refractivity (Wildman–Crippen MR) is 75.6 cm³/mol. The zero-order valence-electron chi connectivity index (χ0n) is 9.35. The van der Waals surface area contributed by atoms with Gasteiger partial charge in [-0.25, -0.2) is 0 Å². The maximum absolute atomic E-state index is 8.49. The minimum absolute atomic E-state index is 0.177. The fourth-order valence-corrected chi connectivity index (χ4v) is 0.986. The Balaban J connectivity index is 0.000000770. The molecule has 0 aromatic heterocycles.